The van der Waals surface area contributed by atoms with E-state index in [4.69, 9.17) is 4.98 Å². The summed E-state index contributed by atoms with van der Waals surface area (Å²) in [4.78, 5) is 8.85. The Labute approximate surface area is 244 Å². The summed E-state index contributed by atoms with van der Waals surface area (Å²) in [5.74, 6) is 0.399. The van der Waals surface area contributed by atoms with E-state index in [1.807, 2.05) is 12.1 Å². The molecule has 0 radical (unpaired) electrons. The molecule has 8 heteroatoms. The third-order valence-electron chi connectivity index (χ3n) is 9.99. The standard InChI is InChI=1S/C33H39F4N3S/c1-3-29-39-30(31(41-29)22-8-11-24(34)12-9-22)26-18-28(26)40-17-16-32(14-5-15-32)19-25(40)7-4-6-21(2)27-13-10-23(20-38-27)33(35,36)37/h3,8-13,20-21,25-28,38H,1,4-7,14-19H2,2H3. The van der Waals surface area contributed by atoms with Crippen LogP contribution in [0.3, 0.4) is 0 Å². The summed E-state index contributed by atoms with van der Waals surface area (Å²) in [6.07, 6.45) is 12.3. The Kier molecular flexibility index (Phi) is 7.92. The van der Waals surface area contributed by atoms with Gasteiger partial charge in [0.15, 0.2) is 0 Å². The molecule has 5 atom stereocenters. The van der Waals surface area contributed by atoms with Crippen LogP contribution in [0.15, 0.2) is 54.8 Å². The fourth-order valence-electron chi connectivity index (χ4n) is 7.32. The molecule has 3 heterocycles. The highest BCUT2D eigenvalue weighted by atomic mass is 32.1. The molecule has 1 N–H and O–H groups in total. The monoisotopic (exact) mass is 585 g/mol. The lowest BCUT2D eigenvalue weighted by Crippen LogP contribution is -2.50. The van der Waals surface area contributed by atoms with E-state index in [-0.39, 0.29) is 17.8 Å². The maximum atomic E-state index is 13.6. The molecule has 5 unspecified atom stereocenters. The first kappa shape index (κ1) is 28.7. The number of thiazole rings is 1. The van der Waals surface area contributed by atoms with Crippen LogP contribution < -0.4 is 5.32 Å². The molecule has 1 aromatic heterocycles. The summed E-state index contributed by atoms with van der Waals surface area (Å²) in [5, 5.41) is 3.88. The molecule has 1 spiro atoms. The van der Waals surface area contributed by atoms with Gasteiger partial charge in [-0.15, -0.1) is 11.3 Å². The maximum Gasteiger partial charge on any atom is 0.417 e. The van der Waals surface area contributed by atoms with Crippen LogP contribution in [0.5, 0.6) is 0 Å². The molecule has 0 amide bonds. The number of hydrogen-bond donors (Lipinski definition) is 1. The molecule has 2 aromatic rings. The second-order valence-corrected chi connectivity index (χ2v) is 13.7. The molecule has 2 saturated carbocycles. The van der Waals surface area contributed by atoms with Crippen molar-refractivity contribution in [1.29, 1.82) is 0 Å². The fourth-order valence-corrected chi connectivity index (χ4v) is 8.32. The summed E-state index contributed by atoms with van der Waals surface area (Å²) in [6, 6.07) is 7.66. The van der Waals surface area contributed by atoms with Crippen molar-refractivity contribution in [3.05, 3.63) is 71.3 Å². The number of hydrogen-bond acceptors (Lipinski definition) is 4. The van der Waals surface area contributed by atoms with E-state index >= 15 is 0 Å². The van der Waals surface area contributed by atoms with E-state index in [9.17, 15) is 17.6 Å². The van der Waals surface area contributed by atoms with Gasteiger partial charge in [-0.3, -0.25) is 4.90 Å². The molecule has 220 valence electrons. The highest BCUT2D eigenvalue weighted by Gasteiger charge is 2.52. The number of dihydropyridines is 1. The van der Waals surface area contributed by atoms with Crippen molar-refractivity contribution in [3.63, 3.8) is 0 Å². The smallest absolute Gasteiger partial charge is 0.384 e. The zero-order valence-electron chi connectivity index (χ0n) is 23.6. The predicted octanol–water partition coefficient (Wildman–Crippen LogP) is 8.86. The van der Waals surface area contributed by atoms with E-state index in [0.717, 1.165) is 59.6 Å². The minimum Gasteiger partial charge on any atom is -0.384 e. The van der Waals surface area contributed by atoms with Gasteiger partial charge < -0.3 is 5.32 Å². The second-order valence-electron chi connectivity index (χ2n) is 12.6. The highest BCUT2D eigenvalue weighted by Crippen LogP contribution is 2.56. The molecule has 2 aliphatic heterocycles. The maximum absolute atomic E-state index is 13.6. The highest BCUT2D eigenvalue weighted by molar-refractivity contribution is 7.16. The molecule has 4 aliphatic rings. The van der Waals surface area contributed by atoms with Crippen molar-refractivity contribution < 1.29 is 17.6 Å². The quantitative estimate of drug-likeness (QED) is 0.298. The van der Waals surface area contributed by atoms with E-state index < -0.39 is 11.7 Å². The number of aromatic nitrogens is 1. The molecule has 1 saturated heterocycles. The first-order valence-electron chi connectivity index (χ1n) is 15.0. The van der Waals surface area contributed by atoms with E-state index in [1.54, 1.807) is 23.5 Å². The van der Waals surface area contributed by atoms with Crippen LogP contribution in [-0.4, -0.2) is 40.7 Å². The van der Waals surface area contributed by atoms with Crippen LogP contribution in [0.1, 0.15) is 81.3 Å². The number of alkyl halides is 3. The number of rotatable bonds is 9. The Morgan fingerprint density at radius 2 is 2.00 bits per heavy atom. The molecule has 2 aliphatic carbocycles. The van der Waals surface area contributed by atoms with E-state index in [0.29, 0.717) is 23.4 Å². The summed E-state index contributed by atoms with van der Waals surface area (Å²) < 4.78 is 52.5. The average Bonchev–Trinajstić information content (AvgIpc) is 3.61. The molecule has 6 rings (SSSR count). The second kappa shape index (κ2) is 11.3. The molecule has 1 aromatic carbocycles. The van der Waals surface area contributed by atoms with Gasteiger partial charge in [0.2, 0.25) is 0 Å². The van der Waals surface area contributed by atoms with Crippen LogP contribution in [0.2, 0.25) is 0 Å². The summed E-state index contributed by atoms with van der Waals surface area (Å²) in [5.41, 5.74) is 2.03. The van der Waals surface area contributed by atoms with Crippen LogP contribution >= 0.6 is 11.3 Å². The number of piperidine rings is 1. The topological polar surface area (TPSA) is 28.2 Å². The Morgan fingerprint density at radius 1 is 1.22 bits per heavy atom. The summed E-state index contributed by atoms with van der Waals surface area (Å²) in [6.45, 7) is 7.20. The lowest BCUT2D eigenvalue weighted by molar-refractivity contribution is -0.0888. The summed E-state index contributed by atoms with van der Waals surface area (Å²) in [7, 11) is 0. The lowest BCUT2D eigenvalue weighted by atomic mass is 9.61. The SMILES string of the molecule is C=Cc1nc(C2CC2N2CCC3(CCC3)CC2CCCC(C)C2C=CC(C(F)(F)F)=CN2)c(-c2ccc(F)cc2)s1. The third kappa shape index (κ3) is 6.05. The van der Waals surface area contributed by atoms with E-state index in [2.05, 4.69) is 23.7 Å². The molecular formula is C33H39F4N3S. The first-order valence-corrected chi connectivity index (χ1v) is 15.8. The van der Waals surface area contributed by atoms with E-state index in [1.165, 1.54) is 50.3 Å². The zero-order valence-corrected chi connectivity index (χ0v) is 24.4. The van der Waals surface area contributed by atoms with Crippen molar-refractivity contribution in [2.24, 2.45) is 11.3 Å². The van der Waals surface area contributed by atoms with Gasteiger partial charge in [0.1, 0.15) is 10.8 Å². The van der Waals surface area contributed by atoms with Crippen molar-refractivity contribution in [2.45, 2.75) is 94.9 Å². The Hall–Kier alpha value is -2.45. The van der Waals surface area contributed by atoms with Crippen LogP contribution in [0.4, 0.5) is 17.6 Å². The molecular weight excluding hydrogens is 546 g/mol. The van der Waals surface area contributed by atoms with Gasteiger partial charge in [-0.1, -0.05) is 50.6 Å². The van der Waals surface area contributed by atoms with Crippen LogP contribution in [-0.2, 0) is 0 Å². The molecule has 3 fully saturated rings. The van der Waals surface area contributed by atoms with Gasteiger partial charge in [-0.05, 0) is 86.6 Å². The van der Waals surface area contributed by atoms with Crippen molar-refractivity contribution in [3.8, 4) is 10.4 Å². The van der Waals surface area contributed by atoms with Gasteiger partial charge in [0.25, 0.3) is 0 Å². The van der Waals surface area contributed by atoms with Gasteiger partial charge in [-0.25, -0.2) is 9.37 Å². The van der Waals surface area contributed by atoms with Gasteiger partial charge >= 0.3 is 6.18 Å². The minimum absolute atomic E-state index is 0.0667. The lowest BCUT2D eigenvalue weighted by Gasteiger charge is -2.52. The number of benzene rings is 1. The zero-order chi connectivity index (χ0) is 28.8. The average molecular weight is 586 g/mol. The molecule has 41 heavy (non-hydrogen) atoms. The van der Waals surface area contributed by atoms with Crippen molar-refractivity contribution in [1.82, 2.24) is 15.2 Å². The van der Waals surface area contributed by atoms with Gasteiger partial charge in [0, 0.05) is 30.2 Å². The number of nitrogens with one attached hydrogen (secondary N) is 1. The Balaban J connectivity index is 1.11. The number of nitrogens with zero attached hydrogens (tertiary/aromatic N) is 2. The molecule has 0 bridgehead atoms. The normalized spacial score (nSPS) is 28.1. The third-order valence-corrected chi connectivity index (χ3v) is 11.1. The Morgan fingerprint density at radius 3 is 2.63 bits per heavy atom. The summed E-state index contributed by atoms with van der Waals surface area (Å²) >= 11 is 1.63. The first-order chi connectivity index (χ1) is 19.7. The number of allylic oxidation sites excluding steroid dienone is 2. The predicted molar refractivity (Wildman–Crippen MR) is 158 cm³/mol. The van der Waals surface area contributed by atoms with Gasteiger partial charge in [0.05, 0.1) is 16.1 Å². The largest absolute Gasteiger partial charge is 0.417 e. The van der Waals surface area contributed by atoms with Crippen molar-refractivity contribution >= 4 is 17.4 Å². The van der Waals surface area contributed by atoms with Crippen LogP contribution in [0.25, 0.3) is 16.5 Å². The van der Waals surface area contributed by atoms with Crippen LogP contribution in [0, 0.1) is 17.2 Å². The molecule has 3 nitrogen and oxygen atoms in total. The number of likely N-dealkylation sites (tertiary alicyclic amines) is 1. The minimum atomic E-state index is -4.31. The van der Waals surface area contributed by atoms with Crippen molar-refractivity contribution in [2.75, 3.05) is 6.54 Å². The van der Waals surface area contributed by atoms with Gasteiger partial charge in [-0.2, -0.15) is 13.2 Å². The Bertz CT molecular complexity index is 1310. The number of halogens is 4. The fraction of sp³-hybridized carbons (Fsp3) is 0.545.